The lowest BCUT2D eigenvalue weighted by atomic mass is 9.95. The fraction of sp³-hybridized carbons (Fsp3) is 0.467. The number of hydrogen-bond acceptors (Lipinski definition) is 2. The highest BCUT2D eigenvalue weighted by Gasteiger charge is 2.47. The minimum absolute atomic E-state index is 0. The predicted molar refractivity (Wildman–Crippen MR) is 76.4 cm³/mol. The van der Waals surface area contributed by atoms with E-state index in [1.165, 1.54) is 6.92 Å². The first-order valence-corrected chi connectivity index (χ1v) is 6.78. The number of rotatable bonds is 1. The number of hydrogen-bond donors (Lipinski definition) is 0. The quantitative estimate of drug-likeness (QED) is 0.740. The average Bonchev–Trinajstić information content (AvgIpc) is 2.68. The first-order chi connectivity index (χ1) is 9.77. The monoisotopic (exact) mass is 333 g/mol. The van der Waals surface area contributed by atoms with Crippen LogP contribution in [0.5, 0.6) is 0 Å². The maximum absolute atomic E-state index is 12.6. The van der Waals surface area contributed by atoms with Crippen LogP contribution < -0.4 is 0 Å². The lowest BCUT2D eigenvalue weighted by Crippen LogP contribution is -2.46. The smallest absolute Gasteiger partial charge is 0.334 e. The summed E-state index contributed by atoms with van der Waals surface area (Å²) in [6.07, 6.45) is -4.08. The van der Waals surface area contributed by atoms with Crippen molar-refractivity contribution in [3.05, 3.63) is 34.9 Å². The van der Waals surface area contributed by atoms with Crippen LogP contribution in [0.2, 0.25) is 0 Å². The Bertz CT molecular complexity index is 630. The topological polar surface area (TPSA) is 37.4 Å². The molecule has 0 spiro atoms. The number of alkyl halides is 3. The van der Waals surface area contributed by atoms with Crippen LogP contribution in [0.25, 0.3) is 0 Å². The Hall–Kier alpha value is -1.56. The number of amides is 1. The third-order valence-corrected chi connectivity index (χ3v) is 4.35. The van der Waals surface area contributed by atoms with E-state index >= 15 is 0 Å². The second-order valence-electron chi connectivity index (χ2n) is 5.74. The third kappa shape index (κ3) is 2.72. The Morgan fingerprint density at radius 1 is 1.14 bits per heavy atom. The third-order valence-electron chi connectivity index (χ3n) is 4.35. The number of likely N-dealkylation sites (tertiary alicyclic amines) is 1. The Kier molecular flexibility index (Phi) is 4.26. The maximum Gasteiger partial charge on any atom is 0.471 e. The molecule has 0 N–H and O–H groups in total. The Labute approximate surface area is 131 Å². The molecule has 22 heavy (non-hydrogen) atoms. The highest BCUT2D eigenvalue weighted by Crippen LogP contribution is 2.46. The zero-order valence-corrected chi connectivity index (χ0v) is 12.6. The van der Waals surface area contributed by atoms with Gasteiger partial charge in [-0.2, -0.15) is 13.2 Å². The van der Waals surface area contributed by atoms with Crippen molar-refractivity contribution in [1.82, 2.24) is 4.90 Å². The normalized spacial score (nSPS) is 22.8. The molecule has 1 amide bonds. The molecule has 1 aromatic carbocycles. The molecule has 2 bridgehead atoms. The number of piperidine rings is 1. The van der Waals surface area contributed by atoms with E-state index in [-0.39, 0.29) is 43.1 Å². The Morgan fingerprint density at radius 2 is 1.73 bits per heavy atom. The minimum Gasteiger partial charge on any atom is -0.334 e. The van der Waals surface area contributed by atoms with Crippen molar-refractivity contribution in [3.8, 4) is 0 Å². The van der Waals surface area contributed by atoms with E-state index in [9.17, 15) is 22.8 Å². The van der Waals surface area contributed by atoms with Crippen LogP contribution in [-0.2, 0) is 4.79 Å². The molecule has 0 aromatic heterocycles. The molecule has 2 aliphatic rings. The first-order valence-electron chi connectivity index (χ1n) is 6.78. The summed E-state index contributed by atoms with van der Waals surface area (Å²) in [6.45, 7) is 1.63. The lowest BCUT2D eigenvalue weighted by molar-refractivity contribution is -0.186. The van der Waals surface area contributed by atoms with Crippen molar-refractivity contribution in [2.75, 3.05) is 13.1 Å². The first kappa shape index (κ1) is 16.8. The van der Waals surface area contributed by atoms with Crippen molar-refractivity contribution in [2.24, 2.45) is 0 Å². The molecular formula is C15H15ClF3NO2. The molecule has 1 heterocycles. The van der Waals surface area contributed by atoms with Crippen LogP contribution >= 0.6 is 12.4 Å². The second-order valence-corrected chi connectivity index (χ2v) is 5.74. The van der Waals surface area contributed by atoms with Crippen LogP contribution in [0.4, 0.5) is 13.2 Å². The number of benzene rings is 1. The van der Waals surface area contributed by atoms with Gasteiger partial charge in [-0.05, 0) is 30.5 Å². The van der Waals surface area contributed by atoms with Gasteiger partial charge in [-0.15, -0.1) is 12.4 Å². The number of nitrogens with zero attached hydrogens (tertiary/aromatic N) is 1. The molecule has 0 radical (unpaired) electrons. The fourth-order valence-electron chi connectivity index (χ4n) is 3.41. The zero-order chi connectivity index (χ0) is 15.4. The zero-order valence-electron chi connectivity index (χ0n) is 11.8. The van der Waals surface area contributed by atoms with E-state index in [1.54, 1.807) is 12.1 Å². The van der Waals surface area contributed by atoms with E-state index in [1.807, 2.05) is 6.07 Å². The molecule has 1 aromatic rings. The minimum atomic E-state index is -4.83. The molecular weight excluding hydrogens is 319 g/mol. The largest absolute Gasteiger partial charge is 0.471 e. The van der Waals surface area contributed by atoms with Crippen LogP contribution in [-0.4, -0.2) is 35.9 Å². The second kappa shape index (κ2) is 5.57. The van der Waals surface area contributed by atoms with Gasteiger partial charge in [0.1, 0.15) is 0 Å². The van der Waals surface area contributed by atoms with Gasteiger partial charge < -0.3 is 4.90 Å². The van der Waals surface area contributed by atoms with Crippen LogP contribution in [0.3, 0.4) is 0 Å². The number of Topliss-reactive ketones (excluding diaryl/α,β-unsaturated/α-hetero) is 1. The van der Waals surface area contributed by atoms with Crippen LogP contribution in [0, 0.1) is 0 Å². The maximum atomic E-state index is 12.6. The molecule has 0 saturated carbocycles. The van der Waals surface area contributed by atoms with Gasteiger partial charge in [0.15, 0.2) is 5.78 Å². The summed E-state index contributed by atoms with van der Waals surface area (Å²) in [6, 6.07) is 5.29. The summed E-state index contributed by atoms with van der Waals surface area (Å²) in [5.74, 6) is -2.00. The fourth-order valence-corrected chi connectivity index (χ4v) is 3.41. The molecule has 1 fully saturated rings. The van der Waals surface area contributed by atoms with E-state index in [4.69, 9.17) is 0 Å². The summed E-state index contributed by atoms with van der Waals surface area (Å²) in [4.78, 5) is 23.7. The van der Waals surface area contributed by atoms with Crippen molar-refractivity contribution in [3.63, 3.8) is 0 Å². The molecule has 120 valence electrons. The number of carbonyl (C=O) groups is 2. The SMILES string of the molecule is CC(=O)c1ccc2c(c1)C1CC2CN(C(=O)C(F)(F)F)C1.Cl. The molecule has 2 unspecified atom stereocenters. The van der Waals surface area contributed by atoms with Crippen LogP contribution in [0.15, 0.2) is 18.2 Å². The van der Waals surface area contributed by atoms with Crippen LogP contribution in [0.1, 0.15) is 46.7 Å². The molecule has 2 atom stereocenters. The highest BCUT2D eigenvalue weighted by atomic mass is 35.5. The van der Waals surface area contributed by atoms with Crippen molar-refractivity contribution in [1.29, 1.82) is 0 Å². The van der Waals surface area contributed by atoms with Crippen molar-refractivity contribution in [2.45, 2.75) is 31.4 Å². The van der Waals surface area contributed by atoms with Gasteiger partial charge in [-0.1, -0.05) is 12.1 Å². The predicted octanol–water partition coefficient (Wildman–Crippen LogP) is 3.29. The van der Waals surface area contributed by atoms with Gasteiger partial charge in [0.05, 0.1) is 0 Å². The standard InChI is InChI=1S/C15H14F3NO2.ClH/c1-8(20)9-2-3-12-10-4-11(13(12)5-9)7-19(6-10)14(21)15(16,17)18;/h2-3,5,10-11H,4,6-7H2,1H3;1H. The lowest BCUT2D eigenvalue weighted by Gasteiger charge is -2.32. The van der Waals surface area contributed by atoms with E-state index < -0.39 is 12.1 Å². The van der Waals surface area contributed by atoms with E-state index in [0.717, 1.165) is 22.4 Å². The van der Waals surface area contributed by atoms with Gasteiger partial charge in [-0.3, -0.25) is 9.59 Å². The Balaban J connectivity index is 0.00000176. The van der Waals surface area contributed by atoms with Gasteiger partial charge in [0.25, 0.3) is 0 Å². The van der Waals surface area contributed by atoms with E-state index in [0.29, 0.717) is 5.56 Å². The summed E-state index contributed by atoms with van der Waals surface area (Å²) >= 11 is 0. The number of halogens is 4. The summed E-state index contributed by atoms with van der Waals surface area (Å²) in [7, 11) is 0. The molecule has 1 saturated heterocycles. The summed E-state index contributed by atoms with van der Waals surface area (Å²) in [5, 5.41) is 0. The summed E-state index contributed by atoms with van der Waals surface area (Å²) < 4.78 is 37.7. The molecule has 1 aliphatic carbocycles. The van der Waals surface area contributed by atoms with Gasteiger partial charge in [0, 0.05) is 30.5 Å². The Morgan fingerprint density at radius 3 is 2.27 bits per heavy atom. The molecule has 3 rings (SSSR count). The molecule has 1 aliphatic heterocycles. The number of ketones is 1. The van der Waals surface area contributed by atoms with E-state index in [2.05, 4.69) is 0 Å². The highest BCUT2D eigenvalue weighted by molar-refractivity contribution is 5.94. The van der Waals surface area contributed by atoms with Gasteiger partial charge >= 0.3 is 12.1 Å². The number of carbonyl (C=O) groups excluding carboxylic acids is 2. The number of fused-ring (bicyclic) bond motifs is 5. The molecule has 3 nitrogen and oxygen atoms in total. The molecule has 7 heteroatoms. The van der Waals surface area contributed by atoms with Gasteiger partial charge in [0.2, 0.25) is 0 Å². The van der Waals surface area contributed by atoms with Crippen molar-refractivity contribution >= 4 is 24.1 Å². The van der Waals surface area contributed by atoms with Crippen molar-refractivity contribution < 1.29 is 22.8 Å². The average molecular weight is 334 g/mol. The summed E-state index contributed by atoms with van der Waals surface area (Å²) in [5.41, 5.74) is 2.46. The van der Waals surface area contributed by atoms with Gasteiger partial charge in [-0.25, -0.2) is 0 Å².